The van der Waals surface area contributed by atoms with E-state index < -0.39 is 0 Å². The number of hydrogen-bond donors (Lipinski definition) is 0. The number of likely N-dealkylation sites (tertiary alicyclic amines) is 2. The molecule has 1 aliphatic carbocycles. The third-order valence-corrected chi connectivity index (χ3v) is 10.9. The van der Waals surface area contributed by atoms with Crippen molar-refractivity contribution < 1.29 is 14.1 Å². The lowest BCUT2D eigenvalue weighted by molar-refractivity contribution is -0.134. The Morgan fingerprint density at radius 3 is 2.38 bits per heavy atom. The van der Waals surface area contributed by atoms with Crippen LogP contribution in [0.2, 0.25) is 0 Å². The molecule has 218 valence electrons. The zero-order valence-electron chi connectivity index (χ0n) is 24.7. The molecule has 0 N–H and O–H groups in total. The van der Waals surface area contributed by atoms with Crippen molar-refractivity contribution in [2.45, 2.75) is 90.1 Å². The standard InChI is InChI=1S/C31H51N5O3/c1-23(2)29(30(37)36-10-4-5-24(36)3)27-19-28(32-39-27)35-11-6-25(7-12-35)22-33-13-8-31(9-14-33)20-26(21-31)34-15-17-38-18-16-34/h19,23-26,29H,4-18,20-22H2,1-3H3. The van der Waals surface area contributed by atoms with Gasteiger partial charge in [-0.25, -0.2) is 0 Å². The maximum atomic E-state index is 13.4. The van der Waals surface area contributed by atoms with Crippen LogP contribution in [0.1, 0.15) is 83.8 Å². The average molecular weight is 542 g/mol. The number of ether oxygens (including phenoxy) is 1. The van der Waals surface area contributed by atoms with Crippen LogP contribution in [0.25, 0.3) is 0 Å². The minimum absolute atomic E-state index is 0.186. The highest BCUT2D eigenvalue weighted by molar-refractivity contribution is 5.84. The van der Waals surface area contributed by atoms with Gasteiger partial charge in [-0.05, 0) is 88.6 Å². The highest BCUT2D eigenvalue weighted by Gasteiger charge is 2.48. The monoisotopic (exact) mass is 541 g/mol. The summed E-state index contributed by atoms with van der Waals surface area (Å²) in [5, 5.41) is 4.44. The van der Waals surface area contributed by atoms with Crippen LogP contribution in [-0.4, -0.2) is 103 Å². The van der Waals surface area contributed by atoms with Gasteiger partial charge in [0.25, 0.3) is 0 Å². The van der Waals surface area contributed by atoms with Crippen LogP contribution in [0.3, 0.4) is 0 Å². The van der Waals surface area contributed by atoms with Gasteiger partial charge in [-0.1, -0.05) is 19.0 Å². The smallest absolute Gasteiger partial charge is 0.233 e. The molecule has 0 bridgehead atoms. The van der Waals surface area contributed by atoms with E-state index >= 15 is 0 Å². The second kappa shape index (κ2) is 11.7. The van der Waals surface area contributed by atoms with E-state index in [0.717, 1.165) is 82.3 Å². The Morgan fingerprint density at radius 2 is 1.74 bits per heavy atom. The number of hydrogen-bond acceptors (Lipinski definition) is 7. The lowest BCUT2D eigenvalue weighted by atomic mass is 9.60. The Hall–Kier alpha value is -1.64. The Morgan fingerprint density at radius 1 is 1.03 bits per heavy atom. The Kier molecular flexibility index (Phi) is 8.25. The summed E-state index contributed by atoms with van der Waals surface area (Å²) in [7, 11) is 0. The molecule has 8 nitrogen and oxygen atoms in total. The fourth-order valence-electron chi connectivity index (χ4n) is 8.22. The summed E-state index contributed by atoms with van der Waals surface area (Å²) in [6.07, 6.45) is 10.2. The molecule has 8 heteroatoms. The molecule has 2 unspecified atom stereocenters. The van der Waals surface area contributed by atoms with E-state index in [1.807, 2.05) is 4.90 Å². The molecule has 2 atom stereocenters. The van der Waals surface area contributed by atoms with Crippen molar-refractivity contribution in [3.05, 3.63) is 11.8 Å². The van der Waals surface area contributed by atoms with E-state index in [9.17, 15) is 4.79 Å². The van der Waals surface area contributed by atoms with E-state index in [4.69, 9.17) is 9.26 Å². The van der Waals surface area contributed by atoms with Gasteiger partial charge in [-0.2, -0.15) is 0 Å². The zero-order valence-corrected chi connectivity index (χ0v) is 24.7. The van der Waals surface area contributed by atoms with Crippen LogP contribution < -0.4 is 4.90 Å². The predicted molar refractivity (Wildman–Crippen MR) is 153 cm³/mol. The molecule has 1 aromatic heterocycles. The van der Waals surface area contributed by atoms with Gasteiger partial charge in [0.15, 0.2) is 11.6 Å². The molecule has 0 radical (unpaired) electrons. The maximum Gasteiger partial charge on any atom is 0.233 e. The molecule has 4 aliphatic heterocycles. The number of morpholine rings is 1. The average Bonchev–Trinajstić information content (AvgIpc) is 3.58. The number of piperidine rings is 2. The van der Waals surface area contributed by atoms with Gasteiger partial charge in [0.05, 0.1) is 13.2 Å². The second-order valence-electron chi connectivity index (χ2n) is 13.8. The van der Waals surface area contributed by atoms with Gasteiger partial charge in [0.1, 0.15) is 5.92 Å². The van der Waals surface area contributed by atoms with Gasteiger partial charge < -0.3 is 24.0 Å². The lowest BCUT2D eigenvalue weighted by Crippen LogP contribution is -2.57. The number of carbonyl (C=O) groups is 1. The van der Waals surface area contributed by atoms with Crippen molar-refractivity contribution >= 4 is 11.7 Å². The van der Waals surface area contributed by atoms with Crippen LogP contribution in [0, 0.1) is 17.3 Å². The summed E-state index contributed by atoms with van der Waals surface area (Å²) in [4.78, 5) is 23.2. The molecule has 4 saturated heterocycles. The van der Waals surface area contributed by atoms with Gasteiger partial charge in [0, 0.05) is 57.4 Å². The first-order chi connectivity index (χ1) is 18.9. The molecule has 1 amide bonds. The third-order valence-electron chi connectivity index (χ3n) is 10.9. The Labute approximate surface area is 235 Å². The van der Waals surface area contributed by atoms with E-state index in [-0.39, 0.29) is 17.7 Å². The summed E-state index contributed by atoms with van der Waals surface area (Å²) in [6.45, 7) is 17.2. The fraction of sp³-hybridized carbons (Fsp3) is 0.871. The number of rotatable bonds is 7. The largest absolute Gasteiger partial charge is 0.379 e. The number of carbonyl (C=O) groups excluding carboxylic acids is 1. The van der Waals surface area contributed by atoms with Crippen LogP contribution in [0.5, 0.6) is 0 Å². The van der Waals surface area contributed by atoms with Crippen LogP contribution in [-0.2, 0) is 9.53 Å². The highest BCUT2D eigenvalue weighted by Crippen LogP contribution is 2.51. The van der Waals surface area contributed by atoms with E-state index in [2.05, 4.69) is 46.7 Å². The normalized spacial score (nSPS) is 28.4. The molecule has 39 heavy (non-hydrogen) atoms. The molecule has 5 fully saturated rings. The fourth-order valence-corrected chi connectivity index (χ4v) is 8.22. The summed E-state index contributed by atoms with van der Waals surface area (Å²) in [5.41, 5.74) is 0.634. The minimum Gasteiger partial charge on any atom is -0.379 e. The number of amides is 1. The van der Waals surface area contributed by atoms with Crippen molar-refractivity contribution in [3.63, 3.8) is 0 Å². The van der Waals surface area contributed by atoms with Crippen LogP contribution >= 0.6 is 0 Å². The van der Waals surface area contributed by atoms with Gasteiger partial charge >= 0.3 is 0 Å². The molecular formula is C31H51N5O3. The van der Waals surface area contributed by atoms with Crippen molar-refractivity contribution in [2.24, 2.45) is 17.3 Å². The topological polar surface area (TPSA) is 65.3 Å². The Balaban J connectivity index is 0.951. The lowest BCUT2D eigenvalue weighted by Gasteiger charge is -2.56. The summed E-state index contributed by atoms with van der Waals surface area (Å²) in [6, 6.07) is 3.20. The minimum atomic E-state index is -0.244. The Bertz CT molecular complexity index is 951. The zero-order chi connectivity index (χ0) is 27.0. The molecule has 5 aliphatic rings. The van der Waals surface area contributed by atoms with Gasteiger partial charge in [-0.15, -0.1) is 0 Å². The molecule has 6 rings (SSSR count). The van der Waals surface area contributed by atoms with Crippen molar-refractivity contribution in [2.75, 3.05) is 70.5 Å². The maximum absolute atomic E-state index is 13.4. The molecule has 1 spiro atoms. The number of aromatic nitrogens is 1. The first-order valence-electron chi connectivity index (χ1n) is 16.0. The van der Waals surface area contributed by atoms with Crippen LogP contribution in [0.4, 0.5) is 5.82 Å². The second-order valence-corrected chi connectivity index (χ2v) is 13.8. The third kappa shape index (κ3) is 5.89. The van der Waals surface area contributed by atoms with Gasteiger partial charge in [0.2, 0.25) is 5.91 Å². The van der Waals surface area contributed by atoms with Crippen LogP contribution in [0.15, 0.2) is 10.6 Å². The molecule has 1 saturated carbocycles. The summed E-state index contributed by atoms with van der Waals surface area (Å²) < 4.78 is 11.4. The van der Waals surface area contributed by atoms with E-state index in [0.29, 0.717) is 11.5 Å². The molecule has 1 aromatic rings. The summed E-state index contributed by atoms with van der Waals surface area (Å²) >= 11 is 0. The first-order valence-corrected chi connectivity index (χ1v) is 16.0. The van der Waals surface area contributed by atoms with Gasteiger partial charge in [-0.3, -0.25) is 9.69 Å². The predicted octanol–water partition coefficient (Wildman–Crippen LogP) is 4.22. The van der Waals surface area contributed by atoms with E-state index in [1.165, 1.54) is 58.2 Å². The summed E-state index contributed by atoms with van der Waals surface area (Å²) in [5.74, 6) is 2.57. The van der Waals surface area contributed by atoms with Crippen molar-refractivity contribution in [3.8, 4) is 0 Å². The van der Waals surface area contributed by atoms with Crippen molar-refractivity contribution in [1.29, 1.82) is 0 Å². The van der Waals surface area contributed by atoms with E-state index in [1.54, 1.807) is 0 Å². The van der Waals surface area contributed by atoms with Crippen molar-refractivity contribution in [1.82, 2.24) is 19.9 Å². The number of anilines is 1. The SMILES string of the molecule is CC(C)C(C(=O)N1CCCC1C)c1cc(N2CCC(CN3CCC4(CC3)CC(N3CCOCC3)C4)CC2)no1. The molecule has 5 heterocycles. The quantitative estimate of drug-likeness (QED) is 0.512. The molecule has 0 aromatic carbocycles. The number of nitrogens with zero attached hydrogens (tertiary/aromatic N) is 5. The first kappa shape index (κ1) is 27.5. The highest BCUT2D eigenvalue weighted by atomic mass is 16.5. The molecular weight excluding hydrogens is 490 g/mol.